The second-order valence-corrected chi connectivity index (χ2v) is 7.49. The molecule has 0 spiro atoms. The molecule has 2 fully saturated rings. The van der Waals surface area contributed by atoms with Gasteiger partial charge in [0.15, 0.2) is 0 Å². The molecule has 0 radical (unpaired) electrons. The van der Waals surface area contributed by atoms with Gasteiger partial charge in [0.05, 0.1) is 17.6 Å². The SMILES string of the molecule is Cn1c(CN2CC(c3nc4ccccc4[nH]3)C2)nnc1C1CC(N)C1. The fourth-order valence-corrected chi connectivity index (χ4v) is 3.98. The molecule has 3 aromatic rings. The van der Waals surface area contributed by atoms with E-state index in [0.29, 0.717) is 17.9 Å². The molecule has 25 heavy (non-hydrogen) atoms. The minimum Gasteiger partial charge on any atom is -0.342 e. The van der Waals surface area contributed by atoms with Gasteiger partial charge in [-0.3, -0.25) is 4.90 Å². The third kappa shape index (κ3) is 2.54. The Bertz CT molecular complexity index is 866. The predicted molar refractivity (Wildman–Crippen MR) is 95.1 cm³/mol. The summed E-state index contributed by atoms with van der Waals surface area (Å²) < 4.78 is 2.16. The number of likely N-dealkylation sites (tertiary alicyclic amines) is 1. The molecule has 0 bridgehead atoms. The van der Waals surface area contributed by atoms with Crippen molar-refractivity contribution in [1.82, 2.24) is 29.6 Å². The van der Waals surface area contributed by atoms with Gasteiger partial charge >= 0.3 is 0 Å². The number of hydrogen-bond donors (Lipinski definition) is 2. The normalized spacial score (nSPS) is 24.4. The fourth-order valence-electron chi connectivity index (χ4n) is 3.98. The number of rotatable bonds is 4. The summed E-state index contributed by atoms with van der Waals surface area (Å²) in [5.74, 6) is 4.19. The lowest BCUT2D eigenvalue weighted by atomic mass is 9.80. The Morgan fingerprint density at radius 1 is 1.16 bits per heavy atom. The maximum absolute atomic E-state index is 5.90. The Balaban J connectivity index is 1.23. The van der Waals surface area contributed by atoms with Crippen LogP contribution in [0.15, 0.2) is 24.3 Å². The zero-order chi connectivity index (χ0) is 17.0. The first-order chi connectivity index (χ1) is 12.2. The number of nitrogens with two attached hydrogens (primary N) is 1. The molecule has 3 N–H and O–H groups in total. The van der Waals surface area contributed by atoms with Crippen LogP contribution in [0.25, 0.3) is 11.0 Å². The van der Waals surface area contributed by atoms with E-state index in [1.807, 2.05) is 12.1 Å². The summed E-state index contributed by atoms with van der Waals surface area (Å²) in [6, 6.07) is 8.54. The van der Waals surface area contributed by atoms with Gasteiger partial charge in [0.2, 0.25) is 0 Å². The molecule has 7 heteroatoms. The number of aromatic nitrogens is 5. The molecule has 1 saturated carbocycles. The van der Waals surface area contributed by atoms with Gasteiger partial charge in [-0.05, 0) is 25.0 Å². The van der Waals surface area contributed by atoms with Gasteiger partial charge in [0, 0.05) is 38.0 Å². The molecule has 1 saturated heterocycles. The van der Waals surface area contributed by atoms with E-state index < -0.39 is 0 Å². The molecule has 0 amide bonds. The van der Waals surface area contributed by atoms with Crippen molar-refractivity contribution in [2.24, 2.45) is 12.8 Å². The first kappa shape index (κ1) is 15.0. The molecular weight excluding hydrogens is 314 g/mol. The van der Waals surface area contributed by atoms with E-state index in [1.165, 1.54) is 0 Å². The highest BCUT2D eigenvalue weighted by Crippen LogP contribution is 2.35. The number of aromatic amines is 1. The van der Waals surface area contributed by atoms with E-state index in [2.05, 4.69) is 43.8 Å². The van der Waals surface area contributed by atoms with E-state index in [9.17, 15) is 0 Å². The van der Waals surface area contributed by atoms with Crippen LogP contribution in [0.1, 0.15) is 42.2 Å². The number of nitrogens with zero attached hydrogens (tertiary/aromatic N) is 5. The van der Waals surface area contributed by atoms with E-state index in [0.717, 1.165) is 61.0 Å². The summed E-state index contributed by atoms with van der Waals surface area (Å²) in [4.78, 5) is 10.6. The Morgan fingerprint density at radius 3 is 2.72 bits per heavy atom. The largest absolute Gasteiger partial charge is 0.342 e. The van der Waals surface area contributed by atoms with Crippen molar-refractivity contribution in [3.63, 3.8) is 0 Å². The second-order valence-electron chi connectivity index (χ2n) is 7.49. The standard InChI is InChI=1S/C18H23N7/c1-24-16(22-23-18(24)11-6-13(19)7-11)10-25-8-12(9-25)17-20-14-4-2-3-5-15(14)21-17/h2-5,11-13H,6-10,19H2,1H3,(H,20,21). The number of hydrogen-bond acceptors (Lipinski definition) is 5. The van der Waals surface area contributed by atoms with Crippen LogP contribution in [0.2, 0.25) is 0 Å². The van der Waals surface area contributed by atoms with E-state index >= 15 is 0 Å². The molecule has 130 valence electrons. The van der Waals surface area contributed by atoms with Gasteiger partial charge in [-0.25, -0.2) is 4.98 Å². The highest BCUT2D eigenvalue weighted by molar-refractivity contribution is 5.74. The maximum atomic E-state index is 5.90. The van der Waals surface area contributed by atoms with Crippen LogP contribution in [0.4, 0.5) is 0 Å². The maximum Gasteiger partial charge on any atom is 0.146 e. The lowest BCUT2D eigenvalue weighted by molar-refractivity contribution is 0.130. The Kier molecular flexibility index (Phi) is 3.39. The molecule has 1 aliphatic carbocycles. The van der Waals surface area contributed by atoms with Crippen molar-refractivity contribution in [1.29, 1.82) is 0 Å². The van der Waals surface area contributed by atoms with Gasteiger partial charge in [-0.1, -0.05) is 12.1 Å². The van der Waals surface area contributed by atoms with Crippen molar-refractivity contribution < 1.29 is 0 Å². The van der Waals surface area contributed by atoms with Crippen molar-refractivity contribution in [3.8, 4) is 0 Å². The summed E-state index contributed by atoms with van der Waals surface area (Å²) >= 11 is 0. The zero-order valence-electron chi connectivity index (χ0n) is 14.4. The summed E-state index contributed by atoms with van der Waals surface area (Å²) in [6.07, 6.45) is 2.06. The smallest absolute Gasteiger partial charge is 0.146 e. The highest BCUT2D eigenvalue weighted by atomic mass is 15.3. The molecule has 7 nitrogen and oxygen atoms in total. The van der Waals surface area contributed by atoms with Gasteiger partial charge in [-0.2, -0.15) is 0 Å². The van der Waals surface area contributed by atoms with E-state index in [1.54, 1.807) is 0 Å². The van der Waals surface area contributed by atoms with Crippen molar-refractivity contribution in [2.45, 2.75) is 37.3 Å². The van der Waals surface area contributed by atoms with Gasteiger partial charge in [-0.15, -0.1) is 10.2 Å². The summed E-state index contributed by atoms with van der Waals surface area (Å²) in [5.41, 5.74) is 8.07. The van der Waals surface area contributed by atoms with Crippen molar-refractivity contribution in [2.75, 3.05) is 13.1 Å². The average Bonchev–Trinajstić information content (AvgIpc) is 3.11. The van der Waals surface area contributed by atoms with Gasteiger partial charge in [0.1, 0.15) is 17.5 Å². The number of H-pyrrole nitrogens is 1. The monoisotopic (exact) mass is 337 g/mol. The molecule has 0 unspecified atom stereocenters. The third-order valence-corrected chi connectivity index (χ3v) is 5.65. The van der Waals surface area contributed by atoms with Crippen LogP contribution in [-0.2, 0) is 13.6 Å². The first-order valence-electron chi connectivity index (χ1n) is 8.98. The molecule has 1 aromatic carbocycles. The van der Waals surface area contributed by atoms with Crippen LogP contribution in [-0.4, -0.2) is 48.8 Å². The quantitative estimate of drug-likeness (QED) is 0.753. The number of fused-ring (bicyclic) bond motifs is 1. The molecule has 5 rings (SSSR count). The summed E-state index contributed by atoms with van der Waals surface area (Å²) in [6.45, 7) is 2.87. The van der Waals surface area contributed by atoms with E-state index in [4.69, 9.17) is 10.7 Å². The molecule has 1 aliphatic heterocycles. The molecule has 2 aliphatic rings. The van der Waals surface area contributed by atoms with E-state index in [-0.39, 0.29) is 0 Å². The number of imidazole rings is 1. The molecular formula is C18H23N7. The highest BCUT2D eigenvalue weighted by Gasteiger charge is 2.34. The topological polar surface area (TPSA) is 88.7 Å². The Morgan fingerprint density at radius 2 is 1.96 bits per heavy atom. The van der Waals surface area contributed by atoms with Crippen LogP contribution in [0, 0.1) is 0 Å². The Labute approximate surface area is 146 Å². The van der Waals surface area contributed by atoms with Crippen molar-refractivity contribution >= 4 is 11.0 Å². The number of para-hydroxylation sites is 2. The van der Waals surface area contributed by atoms with Crippen LogP contribution < -0.4 is 5.73 Å². The van der Waals surface area contributed by atoms with Gasteiger partial charge in [0.25, 0.3) is 0 Å². The fraction of sp³-hybridized carbons (Fsp3) is 0.500. The number of nitrogens with one attached hydrogen (secondary N) is 1. The van der Waals surface area contributed by atoms with Crippen LogP contribution in [0.5, 0.6) is 0 Å². The van der Waals surface area contributed by atoms with Crippen LogP contribution in [0.3, 0.4) is 0 Å². The average molecular weight is 337 g/mol. The minimum absolute atomic E-state index is 0.338. The lowest BCUT2D eigenvalue weighted by Gasteiger charge is -2.37. The molecule has 2 aromatic heterocycles. The zero-order valence-corrected chi connectivity index (χ0v) is 14.4. The summed E-state index contributed by atoms with van der Waals surface area (Å²) in [5, 5.41) is 8.81. The molecule has 0 atom stereocenters. The first-order valence-corrected chi connectivity index (χ1v) is 8.98. The van der Waals surface area contributed by atoms with Gasteiger partial charge < -0.3 is 15.3 Å². The lowest BCUT2D eigenvalue weighted by Crippen LogP contribution is -2.45. The predicted octanol–water partition coefficient (Wildman–Crippen LogP) is 1.50. The number of benzene rings is 1. The van der Waals surface area contributed by atoms with Crippen molar-refractivity contribution in [3.05, 3.63) is 41.7 Å². The summed E-state index contributed by atoms with van der Waals surface area (Å²) in [7, 11) is 2.07. The van der Waals surface area contributed by atoms with Crippen LogP contribution >= 0.6 is 0 Å². The molecule has 3 heterocycles. The Hall–Kier alpha value is -2.25. The minimum atomic E-state index is 0.338. The second kappa shape index (κ2) is 5.64. The third-order valence-electron chi connectivity index (χ3n) is 5.65.